The summed E-state index contributed by atoms with van der Waals surface area (Å²) < 4.78 is 50.5. The van der Waals surface area contributed by atoms with Crippen molar-refractivity contribution in [1.29, 1.82) is 0 Å². The van der Waals surface area contributed by atoms with Gasteiger partial charge in [0.25, 0.3) is 5.91 Å². The number of nitrogens with two attached hydrogens (primary N) is 1. The molecule has 1 fully saturated rings. The fourth-order valence-electron chi connectivity index (χ4n) is 2.11. The van der Waals surface area contributed by atoms with Gasteiger partial charge in [0, 0.05) is 12.6 Å². The van der Waals surface area contributed by atoms with Gasteiger partial charge in [0.2, 0.25) is 5.91 Å². The Kier molecular flexibility index (Phi) is 3.84. The van der Waals surface area contributed by atoms with Crippen LogP contribution in [0.5, 0.6) is 0 Å². The molecule has 5 nitrogen and oxygen atoms in total. The van der Waals surface area contributed by atoms with E-state index in [4.69, 9.17) is 5.73 Å². The summed E-state index contributed by atoms with van der Waals surface area (Å²) in [7, 11) is 0. The first-order chi connectivity index (χ1) is 9.70. The zero-order valence-corrected chi connectivity index (χ0v) is 10.6. The highest BCUT2D eigenvalue weighted by Crippen LogP contribution is 2.29. The van der Waals surface area contributed by atoms with Crippen molar-refractivity contribution in [1.82, 2.24) is 9.88 Å². The van der Waals surface area contributed by atoms with Gasteiger partial charge < -0.3 is 10.6 Å². The van der Waals surface area contributed by atoms with Crippen LogP contribution in [0.25, 0.3) is 0 Å². The summed E-state index contributed by atoms with van der Waals surface area (Å²) in [5, 5.41) is 0. The normalized spacial score (nSPS) is 22.4. The van der Waals surface area contributed by atoms with E-state index in [1.165, 1.54) is 0 Å². The van der Waals surface area contributed by atoms with Crippen LogP contribution in [0.4, 0.5) is 17.6 Å². The van der Waals surface area contributed by atoms with Crippen LogP contribution in [-0.2, 0) is 11.0 Å². The molecule has 2 heterocycles. The smallest absolute Gasteiger partial charge is 0.368 e. The van der Waals surface area contributed by atoms with Crippen molar-refractivity contribution < 1.29 is 27.2 Å². The standard InChI is InChI=1S/C12H11F4N3O2/c13-7-3-9(10(17)20)19(5-7)11(21)8-2-1-6(4-18-8)12(14,15)16/h1-2,4,7,9H,3,5H2,(H2,17,20)/t7-,9+/m1/s1. The molecule has 0 unspecified atom stereocenters. The van der Waals surface area contributed by atoms with Gasteiger partial charge in [-0.1, -0.05) is 0 Å². The number of carbonyl (C=O) groups is 2. The van der Waals surface area contributed by atoms with Gasteiger partial charge in [-0.25, -0.2) is 4.39 Å². The van der Waals surface area contributed by atoms with E-state index in [2.05, 4.69) is 4.98 Å². The minimum Gasteiger partial charge on any atom is -0.368 e. The Morgan fingerprint density at radius 1 is 1.33 bits per heavy atom. The Morgan fingerprint density at radius 3 is 2.48 bits per heavy atom. The summed E-state index contributed by atoms with van der Waals surface area (Å²) in [6.07, 6.45) is -5.68. The Morgan fingerprint density at radius 2 is 2.00 bits per heavy atom. The minimum absolute atomic E-state index is 0.221. The lowest BCUT2D eigenvalue weighted by Gasteiger charge is -2.21. The summed E-state index contributed by atoms with van der Waals surface area (Å²) in [5.74, 6) is -1.69. The van der Waals surface area contributed by atoms with Crippen LogP contribution in [-0.4, -0.2) is 40.5 Å². The molecule has 2 N–H and O–H groups in total. The van der Waals surface area contributed by atoms with E-state index in [-0.39, 0.29) is 18.7 Å². The van der Waals surface area contributed by atoms with Gasteiger partial charge in [-0.05, 0) is 12.1 Å². The number of halogens is 4. The number of aromatic nitrogens is 1. The van der Waals surface area contributed by atoms with Gasteiger partial charge >= 0.3 is 6.18 Å². The summed E-state index contributed by atoms with van der Waals surface area (Å²) in [6.45, 7) is -0.338. The molecule has 2 amide bonds. The number of pyridine rings is 1. The molecule has 1 aromatic rings. The van der Waals surface area contributed by atoms with Crippen LogP contribution >= 0.6 is 0 Å². The number of amides is 2. The highest BCUT2D eigenvalue weighted by molar-refractivity contribution is 5.96. The molecule has 2 rings (SSSR count). The summed E-state index contributed by atoms with van der Waals surface area (Å²) in [4.78, 5) is 27.6. The van der Waals surface area contributed by atoms with Gasteiger partial charge in [0.15, 0.2) is 0 Å². The van der Waals surface area contributed by atoms with Crippen molar-refractivity contribution in [2.45, 2.75) is 24.8 Å². The van der Waals surface area contributed by atoms with Crippen molar-refractivity contribution in [3.63, 3.8) is 0 Å². The van der Waals surface area contributed by atoms with Gasteiger partial charge in [0.05, 0.1) is 12.1 Å². The van der Waals surface area contributed by atoms with Crippen molar-refractivity contribution in [3.8, 4) is 0 Å². The topological polar surface area (TPSA) is 76.3 Å². The second kappa shape index (κ2) is 5.30. The molecular weight excluding hydrogens is 294 g/mol. The first kappa shape index (κ1) is 15.2. The SMILES string of the molecule is NC(=O)[C@@H]1C[C@@H](F)CN1C(=O)c1ccc(C(F)(F)F)cn1. The molecule has 1 aliphatic heterocycles. The van der Waals surface area contributed by atoms with Gasteiger partial charge in [-0.2, -0.15) is 13.2 Å². The quantitative estimate of drug-likeness (QED) is 0.832. The average Bonchev–Trinajstić information content (AvgIpc) is 2.79. The molecular formula is C12H11F4N3O2. The molecule has 1 saturated heterocycles. The van der Waals surface area contributed by atoms with E-state index in [0.29, 0.717) is 12.3 Å². The van der Waals surface area contributed by atoms with Crippen LogP contribution in [0.3, 0.4) is 0 Å². The third kappa shape index (κ3) is 3.11. The molecule has 0 radical (unpaired) electrons. The lowest BCUT2D eigenvalue weighted by atomic mass is 10.2. The number of alkyl halides is 4. The number of likely N-dealkylation sites (tertiary alicyclic amines) is 1. The van der Waals surface area contributed by atoms with Crippen LogP contribution in [0.1, 0.15) is 22.5 Å². The number of nitrogens with zero attached hydrogens (tertiary/aromatic N) is 2. The van der Waals surface area contributed by atoms with E-state index in [9.17, 15) is 27.2 Å². The minimum atomic E-state index is -4.57. The van der Waals surface area contributed by atoms with E-state index in [1.807, 2.05) is 0 Å². The van der Waals surface area contributed by atoms with Crippen molar-refractivity contribution in [2.75, 3.05) is 6.54 Å². The van der Waals surface area contributed by atoms with E-state index in [1.54, 1.807) is 0 Å². The molecule has 0 spiro atoms. The van der Waals surface area contributed by atoms with Gasteiger partial charge in [0.1, 0.15) is 17.9 Å². The van der Waals surface area contributed by atoms with Crippen LogP contribution in [0.2, 0.25) is 0 Å². The largest absolute Gasteiger partial charge is 0.417 e. The number of rotatable bonds is 2. The molecule has 2 atom stereocenters. The van der Waals surface area contributed by atoms with Crippen molar-refractivity contribution in [2.24, 2.45) is 5.73 Å². The second-order valence-corrected chi connectivity index (χ2v) is 4.64. The third-order valence-electron chi connectivity index (χ3n) is 3.15. The number of hydrogen-bond acceptors (Lipinski definition) is 3. The van der Waals surface area contributed by atoms with Crippen LogP contribution in [0, 0.1) is 0 Å². The zero-order chi connectivity index (χ0) is 15.8. The van der Waals surface area contributed by atoms with Gasteiger partial charge in [-0.15, -0.1) is 0 Å². The highest BCUT2D eigenvalue weighted by atomic mass is 19.4. The molecule has 21 heavy (non-hydrogen) atoms. The Bertz CT molecular complexity index is 559. The van der Waals surface area contributed by atoms with Gasteiger partial charge in [-0.3, -0.25) is 14.6 Å². The molecule has 0 saturated carbocycles. The maximum Gasteiger partial charge on any atom is 0.417 e. The molecule has 0 aliphatic carbocycles. The zero-order valence-electron chi connectivity index (χ0n) is 10.6. The first-order valence-electron chi connectivity index (χ1n) is 5.97. The number of carbonyl (C=O) groups excluding carboxylic acids is 2. The maximum absolute atomic E-state index is 13.3. The lowest BCUT2D eigenvalue weighted by molar-refractivity contribution is -0.137. The van der Waals surface area contributed by atoms with Crippen molar-refractivity contribution in [3.05, 3.63) is 29.6 Å². The third-order valence-corrected chi connectivity index (χ3v) is 3.15. The predicted molar refractivity (Wildman–Crippen MR) is 62.8 cm³/mol. The molecule has 0 bridgehead atoms. The fourth-order valence-corrected chi connectivity index (χ4v) is 2.11. The molecule has 1 aliphatic rings. The van der Waals surface area contributed by atoms with Crippen LogP contribution < -0.4 is 5.73 Å². The predicted octanol–water partition coefficient (Wildman–Crippen LogP) is 1.14. The Hall–Kier alpha value is -2.19. The molecule has 1 aromatic heterocycles. The summed E-state index contributed by atoms with van der Waals surface area (Å²) >= 11 is 0. The Labute approximate surface area is 116 Å². The summed E-state index contributed by atoms with van der Waals surface area (Å²) in [5.41, 5.74) is 3.77. The van der Waals surface area contributed by atoms with E-state index < -0.39 is 35.8 Å². The number of primary amides is 1. The summed E-state index contributed by atoms with van der Waals surface area (Å²) in [6, 6.07) is 0.466. The molecule has 114 valence electrons. The molecule has 9 heteroatoms. The second-order valence-electron chi connectivity index (χ2n) is 4.64. The first-order valence-corrected chi connectivity index (χ1v) is 5.97. The van der Waals surface area contributed by atoms with Crippen molar-refractivity contribution >= 4 is 11.8 Å². The number of hydrogen-bond donors (Lipinski definition) is 1. The lowest BCUT2D eigenvalue weighted by Crippen LogP contribution is -2.44. The van der Waals surface area contributed by atoms with E-state index in [0.717, 1.165) is 11.0 Å². The Balaban J connectivity index is 2.22. The highest BCUT2D eigenvalue weighted by Gasteiger charge is 2.39. The fraction of sp³-hybridized carbons (Fsp3) is 0.417. The average molecular weight is 305 g/mol. The van der Waals surface area contributed by atoms with E-state index >= 15 is 0 Å². The molecule has 0 aromatic carbocycles. The monoisotopic (exact) mass is 305 g/mol. The maximum atomic E-state index is 13.3. The van der Waals surface area contributed by atoms with Crippen LogP contribution in [0.15, 0.2) is 18.3 Å².